The average molecular weight is 384 g/mol. The van der Waals surface area contributed by atoms with Crippen LogP contribution in [0.1, 0.15) is 22.8 Å². The highest BCUT2D eigenvalue weighted by atomic mass is 19.1. The van der Waals surface area contributed by atoms with Crippen LogP contribution >= 0.6 is 0 Å². The van der Waals surface area contributed by atoms with Gasteiger partial charge in [-0.05, 0) is 55.0 Å². The SMILES string of the molecule is C=CC(=O)NCc1ccc(C(=O)N(CC(=O)OCC)c2ccc(F)cc2)cc1. The van der Waals surface area contributed by atoms with Gasteiger partial charge >= 0.3 is 5.97 Å². The fraction of sp³-hybridized carbons (Fsp3) is 0.190. The van der Waals surface area contributed by atoms with E-state index in [4.69, 9.17) is 4.74 Å². The fourth-order valence-electron chi connectivity index (χ4n) is 2.42. The topological polar surface area (TPSA) is 75.7 Å². The molecule has 2 amide bonds. The van der Waals surface area contributed by atoms with Crippen LogP contribution in [-0.2, 0) is 20.9 Å². The van der Waals surface area contributed by atoms with E-state index >= 15 is 0 Å². The van der Waals surface area contributed by atoms with Crippen molar-refractivity contribution in [3.63, 3.8) is 0 Å². The van der Waals surface area contributed by atoms with Gasteiger partial charge in [0.1, 0.15) is 12.4 Å². The van der Waals surface area contributed by atoms with Crippen LogP contribution in [0.25, 0.3) is 0 Å². The molecule has 2 aromatic rings. The van der Waals surface area contributed by atoms with Gasteiger partial charge in [-0.15, -0.1) is 0 Å². The summed E-state index contributed by atoms with van der Waals surface area (Å²) in [5, 5.41) is 2.64. The van der Waals surface area contributed by atoms with Crippen molar-refractivity contribution in [1.29, 1.82) is 0 Å². The fourth-order valence-corrected chi connectivity index (χ4v) is 2.42. The summed E-state index contributed by atoms with van der Waals surface area (Å²) in [5.74, 6) is -1.74. The smallest absolute Gasteiger partial charge is 0.326 e. The molecule has 146 valence electrons. The zero-order valence-electron chi connectivity index (χ0n) is 15.5. The minimum Gasteiger partial charge on any atom is -0.465 e. The van der Waals surface area contributed by atoms with Crippen molar-refractivity contribution in [1.82, 2.24) is 5.32 Å². The quantitative estimate of drug-likeness (QED) is 0.561. The maximum Gasteiger partial charge on any atom is 0.326 e. The summed E-state index contributed by atoms with van der Waals surface area (Å²) in [6, 6.07) is 11.9. The highest BCUT2D eigenvalue weighted by molar-refractivity contribution is 6.08. The van der Waals surface area contributed by atoms with Crippen LogP contribution in [0.3, 0.4) is 0 Å². The third kappa shape index (κ3) is 5.77. The molecule has 0 saturated carbocycles. The van der Waals surface area contributed by atoms with E-state index in [9.17, 15) is 18.8 Å². The van der Waals surface area contributed by atoms with E-state index in [1.165, 1.54) is 35.2 Å². The van der Waals surface area contributed by atoms with Crippen LogP contribution in [0, 0.1) is 5.82 Å². The van der Waals surface area contributed by atoms with Gasteiger partial charge in [-0.1, -0.05) is 18.7 Å². The molecule has 7 heteroatoms. The predicted molar refractivity (Wildman–Crippen MR) is 103 cm³/mol. The van der Waals surface area contributed by atoms with Gasteiger partial charge in [-0.3, -0.25) is 19.3 Å². The molecule has 0 unspecified atom stereocenters. The van der Waals surface area contributed by atoms with Gasteiger partial charge in [0, 0.05) is 17.8 Å². The zero-order valence-corrected chi connectivity index (χ0v) is 15.5. The number of rotatable bonds is 8. The molecule has 0 fully saturated rings. The number of nitrogens with zero attached hydrogens (tertiary/aromatic N) is 1. The van der Waals surface area contributed by atoms with Gasteiger partial charge in [0.05, 0.1) is 6.61 Å². The molecule has 0 spiro atoms. The Balaban J connectivity index is 2.20. The number of esters is 1. The molecular formula is C21H21FN2O4. The Morgan fingerprint density at radius 3 is 2.32 bits per heavy atom. The Morgan fingerprint density at radius 1 is 1.11 bits per heavy atom. The average Bonchev–Trinajstić information content (AvgIpc) is 2.71. The Morgan fingerprint density at radius 2 is 1.75 bits per heavy atom. The van der Waals surface area contributed by atoms with Crippen LogP contribution in [0.4, 0.5) is 10.1 Å². The standard InChI is InChI=1S/C21H21FN2O4/c1-3-19(25)23-13-15-5-7-16(8-6-15)21(27)24(14-20(26)28-4-2)18-11-9-17(22)10-12-18/h3,5-12H,1,4,13-14H2,2H3,(H,23,25). The van der Waals surface area contributed by atoms with Crippen molar-refractivity contribution >= 4 is 23.5 Å². The number of hydrogen-bond acceptors (Lipinski definition) is 4. The summed E-state index contributed by atoms with van der Waals surface area (Å²) in [4.78, 5) is 37.3. The lowest BCUT2D eigenvalue weighted by Gasteiger charge is -2.22. The molecule has 0 aromatic heterocycles. The Labute approximate surface area is 162 Å². The normalized spacial score (nSPS) is 10.1. The van der Waals surface area contributed by atoms with Gasteiger partial charge in [0.15, 0.2) is 0 Å². The lowest BCUT2D eigenvalue weighted by Crippen LogP contribution is -2.36. The first-order chi connectivity index (χ1) is 13.4. The van der Waals surface area contributed by atoms with E-state index in [0.717, 1.165) is 5.56 Å². The van der Waals surface area contributed by atoms with E-state index in [-0.39, 0.29) is 19.1 Å². The highest BCUT2D eigenvalue weighted by Gasteiger charge is 2.21. The second kappa shape index (κ2) is 10.0. The predicted octanol–water partition coefficient (Wildman–Crippen LogP) is 2.84. The van der Waals surface area contributed by atoms with Crippen LogP contribution < -0.4 is 10.2 Å². The molecule has 0 aliphatic rings. The number of ether oxygens (including phenoxy) is 1. The Hall–Kier alpha value is -3.48. The largest absolute Gasteiger partial charge is 0.465 e. The van der Waals surface area contributed by atoms with Gasteiger partial charge < -0.3 is 10.1 Å². The third-order valence-corrected chi connectivity index (χ3v) is 3.83. The first kappa shape index (κ1) is 20.8. The third-order valence-electron chi connectivity index (χ3n) is 3.83. The van der Waals surface area contributed by atoms with Gasteiger partial charge in [0.25, 0.3) is 5.91 Å². The van der Waals surface area contributed by atoms with E-state index in [0.29, 0.717) is 17.8 Å². The van der Waals surface area contributed by atoms with Crippen molar-refractivity contribution in [3.8, 4) is 0 Å². The highest BCUT2D eigenvalue weighted by Crippen LogP contribution is 2.18. The number of benzene rings is 2. The van der Waals surface area contributed by atoms with Crippen molar-refractivity contribution < 1.29 is 23.5 Å². The van der Waals surface area contributed by atoms with Gasteiger partial charge in [0.2, 0.25) is 5.91 Å². The summed E-state index contributed by atoms with van der Waals surface area (Å²) in [6.07, 6.45) is 1.17. The van der Waals surface area contributed by atoms with Crippen molar-refractivity contribution in [3.05, 3.63) is 78.1 Å². The Bertz CT molecular complexity index is 848. The molecule has 0 atom stereocenters. The van der Waals surface area contributed by atoms with Crippen LogP contribution in [-0.4, -0.2) is 30.9 Å². The van der Waals surface area contributed by atoms with Crippen LogP contribution in [0.15, 0.2) is 61.2 Å². The molecule has 1 N–H and O–H groups in total. The molecule has 0 heterocycles. The number of hydrogen-bond donors (Lipinski definition) is 1. The molecule has 0 aliphatic heterocycles. The maximum atomic E-state index is 13.2. The van der Waals surface area contributed by atoms with E-state index < -0.39 is 17.7 Å². The van der Waals surface area contributed by atoms with Crippen molar-refractivity contribution in [2.75, 3.05) is 18.1 Å². The minimum atomic E-state index is -0.566. The number of carbonyl (C=O) groups excluding carboxylic acids is 3. The lowest BCUT2D eigenvalue weighted by molar-refractivity contribution is -0.141. The number of nitrogens with one attached hydrogen (secondary N) is 1. The second-order valence-electron chi connectivity index (χ2n) is 5.79. The molecule has 28 heavy (non-hydrogen) atoms. The van der Waals surface area contributed by atoms with E-state index in [1.807, 2.05) is 0 Å². The molecule has 2 aromatic carbocycles. The summed E-state index contributed by atoms with van der Waals surface area (Å²) >= 11 is 0. The summed E-state index contributed by atoms with van der Waals surface area (Å²) < 4.78 is 18.2. The first-order valence-electron chi connectivity index (χ1n) is 8.67. The van der Waals surface area contributed by atoms with Gasteiger partial charge in [-0.25, -0.2) is 4.39 Å². The second-order valence-corrected chi connectivity index (χ2v) is 5.79. The number of carbonyl (C=O) groups is 3. The molecule has 2 rings (SSSR count). The molecule has 0 bridgehead atoms. The van der Waals surface area contributed by atoms with Crippen LogP contribution in [0.5, 0.6) is 0 Å². The minimum absolute atomic E-state index is 0.190. The molecule has 0 radical (unpaired) electrons. The first-order valence-corrected chi connectivity index (χ1v) is 8.67. The monoisotopic (exact) mass is 384 g/mol. The van der Waals surface area contributed by atoms with E-state index in [2.05, 4.69) is 11.9 Å². The number of amides is 2. The number of anilines is 1. The van der Waals surface area contributed by atoms with Crippen molar-refractivity contribution in [2.24, 2.45) is 0 Å². The zero-order chi connectivity index (χ0) is 20.5. The van der Waals surface area contributed by atoms with E-state index in [1.54, 1.807) is 31.2 Å². The number of halogens is 1. The molecule has 6 nitrogen and oxygen atoms in total. The molecule has 0 saturated heterocycles. The summed E-state index contributed by atoms with van der Waals surface area (Å²) in [6.45, 7) is 5.24. The summed E-state index contributed by atoms with van der Waals surface area (Å²) in [5.41, 5.74) is 1.51. The molecule has 0 aliphatic carbocycles. The van der Waals surface area contributed by atoms with Gasteiger partial charge in [-0.2, -0.15) is 0 Å². The van der Waals surface area contributed by atoms with Crippen molar-refractivity contribution in [2.45, 2.75) is 13.5 Å². The van der Waals surface area contributed by atoms with Crippen LogP contribution in [0.2, 0.25) is 0 Å². The Kier molecular flexibility index (Phi) is 7.45. The molecular weight excluding hydrogens is 363 g/mol. The summed E-state index contributed by atoms with van der Waals surface area (Å²) in [7, 11) is 0. The lowest BCUT2D eigenvalue weighted by atomic mass is 10.1. The maximum absolute atomic E-state index is 13.2.